The highest BCUT2D eigenvalue weighted by atomic mass is 127. The van der Waals surface area contributed by atoms with Crippen LogP contribution in [0.15, 0.2) is 61.1 Å². The van der Waals surface area contributed by atoms with E-state index in [9.17, 15) is 18.0 Å². The van der Waals surface area contributed by atoms with Crippen molar-refractivity contribution in [3.63, 3.8) is 0 Å². The number of halogens is 4. The third kappa shape index (κ3) is 6.60. The number of urea groups is 1. The summed E-state index contributed by atoms with van der Waals surface area (Å²) in [7, 11) is 1.35. The number of hydrogen-bond donors (Lipinski definition) is 3. The number of aromatic nitrogens is 3. The third-order valence-corrected chi connectivity index (χ3v) is 6.06. The molecule has 194 valence electrons. The number of amides is 2. The fraction of sp³-hybridized carbons (Fsp3) is 0.208. The molecule has 0 unspecified atom stereocenters. The van der Waals surface area contributed by atoms with E-state index in [1.54, 1.807) is 12.1 Å². The number of benzene rings is 2. The Kier molecular flexibility index (Phi) is 8.33. The van der Waals surface area contributed by atoms with Crippen molar-refractivity contribution in [1.82, 2.24) is 25.3 Å². The largest absolute Gasteiger partial charge is 0.457 e. The predicted octanol–water partition coefficient (Wildman–Crippen LogP) is 5.78. The molecule has 3 N–H and O–H groups in total. The zero-order valence-electron chi connectivity index (χ0n) is 19.5. The van der Waals surface area contributed by atoms with Gasteiger partial charge in [-0.3, -0.25) is 4.84 Å². The normalized spacial score (nSPS) is 11.4. The van der Waals surface area contributed by atoms with Crippen LogP contribution in [0.1, 0.15) is 11.1 Å². The fourth-order valence-corrected chi connectivity index (χ4v) is 4.19. The summed E-state index contributed by atoms with van der Waals surface area (Å²) in [6, 6.07) is 11.5. The van der Waals surface area contributed by atoms with E-state index in [-0.39, 0.29) is 5.75 Å². The second-order valence-electron chi connectivity index (χ2n) is 7.74. The van der Waals surface area contributed by atoms with Crippen molar-refractivity contribution in [2.45, 2.75) is 17.1 Å². The minimum atomic E-state index is -4.45. The molecule has 0 spiro atoms. The van der Waals surface area contributed by atoms with Crippen molar-refractivity contribution < 1.29 is 27.5 Å². The van der Waals surface area contributed by atoms with Crippen molar-refractivity contribution >= 4 is 51.2 Å². The van der Waals surface area contributed by atoms with Crippen molar-refractivity contribution in [3.8, 4) is 11.5 Å². The molecule has 2 aromatic heterocycles. The maximum Gasteiger partial charge on any atom is 0.416 e. The summed E-state index contributed by atoms with van der Waals surface area (Å²) in [5, 5.41) is 5.96. The van der Waals surface area contributed by atoms with Gasteiger partial charge in [0.05, 0.1) is 18.2 Å². The molecule has 0 aliphatic rings. The zero-order valence-corrected chi connectivity index (χ0v) is 21.6. The summed E-state index contributed by atoms with van der Waals surface area (Å²) in [6.07, 6.45) is -1.15. The Morgan fingerprint density at radius 2 is 1.97 bits per heavy atom. The lowest BCUT2D eigenvalue weighted by Crippen LogP contribution is -2.36. The molecule has 0 atom stereocenters. The zero-order chi connectivity index (χ0) is 26.4. The van der Waals surface area contributed by atoms with E-state index < -0.39 is 17.8 Å². The maximum absolute atomic E-state index is 13.1. The SMILES string of the molecule is CONC(=O)NCCn1ccc2ncnc(Nc3ccc(Oc4cccc(C(F)(F)F)c4)c(CI)c3)c21. The Balaban J connectivity index is 1.53. The highest BCUT2D eigenvalue weighted by Crippen LogP contribution is 2.35. The molecule has 0 aliphatic carbocycles. The van der Waals surface area contributed by atoms with Gasteiger partial charge in [0.1, 0.15) is 23.3 Å². The second kappa shape index (κ2) is 11.6. The molecule has 2 amide bonds. The van der Waals surface area contributed by atoms with Gasteiger partial charge in [0.2, 0.25) is 0 Å². The van der Waals surface area contributed by atoms with Gasteiger partial charge in [-0.1, -0.05) is 28.7 Å². The number of anilines is 2. The lowest BCUT2D eigenvalue weighted by Gasteiger charge is -2.15. The number of fused-ring (bicyclic) bond motifs is 1. The molecule has 37 heavy (non-hydrogen) atoms. The molecule has 13 heteroatoms. The van der Waals surface area contributed by atoms with Crippen LogP contribution < -0.4 is 20.9 Å². The minimum absolute atomic E-state index is 0.102. The summed E-state index contributed by atoms with van der Waals surface area (Å²) in [6.45, 7) is 0.805. The first-order chi connectivity index (χ1) is 17.8. The van der Waals surface area contributed by atoms with Crippen molar-refractivity contribution in [1.29, 1.82) is 0 Å². The fourth-order valence-electron chi connectivity index (χ4n) is 3.59. The number of carbonyl (C=O) groups is 1. The Morgan fingerprint density at radius 3 is 2.73 bits per heavy atom. The van der Waals surface area contributed by atoms with Crippen molar-refractivity contribution in [2.75, 3.05) is 19.0 Å². The Labute approximate surface area is 223 Å². The molecule has 0 bridgehead atoms. The average molecular weight is 626 g/mol. The number of hydrogen-bond acceptors (Lipinski definition) is 6. The quantitative estimate of drug-likeness (QED) is 0.124. The van der Waals surface area contributed by atoms with Crippen LogP contribution in [0.25, 0.3) is 11.0 Å². The number of nitrogens with one attached hydrogen (secondary N) is 3. The first-order valence-corrected chi connectivity index (χ1v) is 12.5. The third-order valence-electron chi connectivity index (χ3n) is 5.24. The molecule has 0 aliphatic heterocycles. The number of rotatable bonds is 9. The van der Waals surface area contributed by atoms with E-state index in [2.05, 4.69) is 53.5 Å². The van der Waals surface area contributed by atoms with Gasteiger partial charge >= 0.3 is 12.2 Å². The van der Waals surface area contributed by atoms with Crippen LogP contribution in [-0.4, -0.2) is 34.2 Å². The lowest BCUT2D eigenvalue weighted by atomic mass is 10.2. The Hall–Kier alpha value is -3.59. The van der Waals surface area contributed by atoms with Gasteiger partial charge in [-0.25, -0.2) is 20.2 Å². The minimum Gasteiger partial charge on any atom is -0.457 e. The van der Waals surface area contributed by atoms with Gasteiger partial charge in [0.25, 0.3) is 0 Å². The smallest absolute Gasteiger partial charge is 0.416 e. The van der Waals surface area contributed by atoms with Gasteiger partial charge < -0.3 is 19.9 Å². The number of hydroxylamine groups is 1. The molecule has 0 saturated carbocycles. The van der Waals surface area contributed by atoms with Crippen LogP contribution in [0, 0.1) is 0 Å². The van der Waals surface area contributed by atoms with Crippen LogP contribution >= 0.6 is 22.6 Å². The first kappa shape index (κ1) is 26.5. The number of carbonyl (C=O) groups excluding carboxylic acids is 1. The topological polar surface area (TPSA) is 102 Å². The van der Waals surface area contributed by atoms with Crippen LogP contribution in [-0.2, 0) is 22.0 Å². The summed E-state index contributed by atoms with van der Waals surface area (Å²) < 4.78 is 47.4. The van der Waals surface area contributed by atoms with Gasteiger partial charge in [-0.2, -0.15) is 13.2 Å². The van der Waals surface area contributed by atoms with Crippen LogP contribution in [0.3, 0.4) is 0 Å². The maximum atomic E-state index is 13.1. The van der Waals surface area contributed by atoms with E-state index in [4.69, 9.17) is 4.74 Å². The molecule has 2 aromatic carbocycles. The molecule has 0 saturated heterocycles. The standard InChI is InChI=1S/C24H22F3IN6O3/c1-36-33-23(35)29-8-10-34-9-7-19-21(34)22(31-14-30-19)32-17-5-6-20(15(11-17)13-28)37-18-4-2-3-16(12-18)24(25,26)27/h2-7,9,11-12,14H,8,10,13H2,1H3,(H2,29,33,35)(H,30,31,32). The molecule has 4 rings (SSSR count). The van der Waals surface area contributed by atoms with E-state index in [0.717, 1.165) is 28.7 Å². The van der Waals surface area contributed by atoms with Gasteiger partial charge in [0.15, 0.2) is 5.82 Å². The van der Waals surface area contributed by atoms with E-state index in [0.29, 0.717) is 34.8 Å². The predicted molar refractivity (Wildman–Crippen MR) is 140 cm³/mol. The summed E-state index contributed by atoms with van der Waals surface area (Å²) in [4.78, 5) is 24.8. The van der Waals surface area contributed by atoms with Crippen LogP contribution in [0.2, 0.25) is 0 Å². The molecule has 0 fully saturated rings. The summed E-state index contributed by atoms with van der Waals surface area (Å²) in [5.41, 5.74) is 4.39. The Bertz CT molecular complexity index is 1400. The van der Waals surface area contributed by atoms with Crippen molar-refractivity contribution in [3.05, 3.63) is 72.2 Å². The molecule has 0 radical (unpaired) electrons. The van der Waals surface area contributed by atoms with Crippen molar-refractivity contribution in [2.24, 2.45) is 0 Å². The monoisotopic (exact) mass is 626 g/mol. The second-order valence-corrected chi connectivity index (χ2v) is 8.50. The van der Waals surface area contributed by atoms with E-state index >= 15 is 0 Å². The number of alkyl halides is 4. The Morgan fingerprint density at radius 1 is 1.14 bits per heavy atom. The average Bonchev–Trinajstić information content (AvgIpc) is 3.29. The molecule has 9 nitrogen and oxygen atoms in total. The van der Waals surface area contributed by atoms with Gasteiger partial charge in [-0.15, -0.1) is 0 Å². The summed E-state index contributed by atoms with van der Waals surface area (Å²) in [5.74, 6) is 1.11. The van der Waals surface area contributed by atoms with E-state index in [1.807, 2.05) is 22.9 Å². The van der Waals surface area contributed by atoms with Gasteiger partial charge in [0, 0.05) is 35.0 Å². The molecular weight excluding hydrogens is 604 g/mol. The highest BCUT2D eigenvalue weighted by molar-refractivity contribution is 14.1. The molecule has 2 heterocycles. The van der Waals surface area contributed by atoms with E-state index in [1.165, 1.54) is 25.6 Å². The highest BCUT2D eigenvalue weighted by Gasteiger charge is 2.30. The van der Waals surface area contributed by atoms with Crippen LogP contribution in [0.5, 0.6) is 11.5 Å². The number of nitrogens with zero attached hydrogens (tertiary/aromatic N) is 3. The first-order valence-electron chi connectivity index (χ1n) is 11.0. The van der Waals surface area contributed by atoms with Gasteiger partial charge in [-0.05, 0) is 42.5 Å². The molecule has 4 aromatic rings. The number of ether oxygens (including phenoxy) is 1. The summed E-state index contributed by atoms with van der Waals surface area (Å²) >= 11 is 2.17. The van der Waals surface area contributed by atoms with Crippen LogP contribution in [0.4, 0.5) is 29.5 Å². The lowest BCUT2D eigenvalue weighted by molar-refractivity contribution is -0.137. The molecular formula is C24H22F3IN6O3.